The molecule has 3 aromatic heterocycles. The van der Waals surface area contributed by atoms with Crippen LogP contribution in [0.3, 0.4) is 0 Å². The third kappa shape index (κ3) is 4.94. The van der Waals surface area contributed by atoms with Crippen LogP contribution >= 0.6 is 0 Å². The van der Waals surface area contributed by atoms with E-state index in [4.69, 9.17) is 9.26 Å². The number of carbonyl (C=O) groups is 1. The van der Waals surface area contributed by atoms with Crippen LogP contribution in [0, 0.1) is 0 Å². The molecule has 4 rings (SSSR count). The standard InChI is InChI=1S/C20H22N6O3/c27-17(3-4-18-24-19(25-29-18)15-5-8-21-9-6-15)23-14-16-2-1-7-22-20(16)26-10-12-28-13-11-26/h1-2,5-9H,3-4,10-14H2,(H,23,27). The normalized spacial score (nSPS) is 14.0. The molecule has 29 heavy (non-hydrogen) atoms. The van der Waals surface area contributed by atoms with Crippen molar-refractivity contribution < 1.29 is 14.1 Å². The molecular weight excluding hydrogens is 372 g/mol. The smallest absolute Gasteiger partial charge is 0.227 e. The first kappa shape index (κ1) is 19.0. The van der Waals surface area contributed by atoms with E-state index in [1.165, 1.54) is 0 Å². The lowest BCUT2D eigenvalue weighted by Gasteiger charge is -2.29. The third-order valence-electron chi connectivity index (χ3n) is 4.63. The number of rotatable bonds is 7. The zero-order valence-corrected chi connectivity index (χ0v) is 16.0. The maximum Gasteiger partial charge on any atom is 0.227 e. The van der Waals surface area contributed by atoms with Gasteiger partial charge in [0, 0.05) is 62.2 Å². The number of aryl methyl sites for hydroxylation is 1. The van der Waals surface area contributed by atoms with Gasteiger partial charge in [0.25, 0.3) is 0 Å². The first-order valence-electron chi connectivity index (χ1n) is 9.56. The Hall–Kier alpha value is -3.33. The van der Waals surface area contributed by atoms with Crippen molar-refractivity contribution in [1.29, 1.82) is 0 Å². The van der Waals surface area contributed by atoms with Gasteiger partial charge in [-0.3, -0.25) is 9.78 Å². The molecule has 0 spiro atoms. The van der Waals surface area contributed by atoms with Crippen molar-refractivity contribution in [3.8, 4) is 11.4 Å². The van der Waals surface area contributed by atoms with Crippen molar-refractivity contribution >= 4 is 11.7 Å². The Bertz CT molecular complexity index is 940. The van der Waals surface area contributed by atoms with Crippen LogP contribution in [-0.4, -0.2) is 52.3 Å². The Kier molecular flexibility index (Phi) is 6.06. The van der Waals surface area contributed by atoms with Gasteiger partial charge < -0.3 is 19.5 Å². The molecule has 1 saturated heterocycles. The summed E-state index contributed by atoms with van der Waals surface area (Å²) in [6.07, 6.45) is 5.76. The highest BCUT2D eigenvalue weighted by atomic mass is 16.5. The summed E-state index contributed by atoms with van der Waals surface area (Å²) in [5.74, 6) is 1.75. The molecule has 0 aliphatic carbocycles. The van der Waals surface area contributed by atoms with Crippen LogP contribution in [0.25, 0.3) is 11.4 Å². The van der Waals surface area contributed by atoms with Gasteiger partial charge in [0.1, 0.15) is 5.82 Å². The highest BCUT2D eigenvalue weighted by Crippen LogP contribution is 2.18. The largest absolute Gasteiger partial charge is 0.378 e. The van der Waals surface area contributed by atoms with Crippen LogP contribution in [0.1, 0.15) is 17.9 Å². The molecule has 1 aliphatic heterocycles. The molecule has 4 heterocycles. The summed E-state index contributed by atoms with van der Waals surface area (Å²) >= 11 is 0. The van der Waals surface area contributed by atoms with E-state index in [1.807, 2.05) is 12.1 Å². The van der Waals surface area contributed by atoms with E-state index >= 15 is 0 Å². The fraction of sp³-hybridized carbons (Fsp3) is 0.350. The van der Waals surface area contributed by atoms with Gasteiger partial charge >= 0.3 is 0 Å². The highest BCUT2D eigenvalue weighted by Gasteiger charge is 2.16. The molecule has 0 saturated carbocycles. The Morgan fingerprint density at radius 2 is 1.97 bits per heavy atom. The number of nitrogens with one attached hydrogen (secondary N) is 1. The van der Waals surface area contributed by atoms with Crippen molar-refractivity contribution in [3.05, 3.63) is 54.3 Å². The summed E-state index contributed by atoms with van der Waals surface area (Å²) in [6.45, 7) is 3.40. The highest BCUT2D eigenvalue weighted by molar-refractivity contribution is 5.76. The van der Waals surface area contributed by atoms with Crippen LogP contribution in [0.5, 0.6) is 0 Å². The van der Waals surface area contributed by atoms with Crippen LogP contribution in [0.15, 0.2) is 47.4 Å². The lowest BCUT2D eigenvalue weighted by atomic mass is 10.2. The lowest BCUT2D eigenvalue weighted by Crippen LogP contribution is -2.37. The molecule has 0 aromatic carbocycles. The number of hydrogen-bond donors (Lipinski definition) is 1. The van der Waals surface area contributed by atoms with Gasteiger partial charge in [0.15, 0.2) is 0 Å². The lowest BCUT2D eigenvalue weighted by molar-refractivity contribution is -0.121. The van der Waals surface area contributed by atoms with Gasteiger partial charge in [-0.1, -0.05) is 11.2 Å². The van der Waals surface area contributed by atoms with Crippen LogP contribution in [0.4, 0.5) is 5.82 Å². The van der Waals surface area contributed by atoms with E-state index in [-0.39, 0.29) is 12.3 Å². The van der Waals surface area contributed by atoms with Crippen molar-refractivity contribution in [1.82, 2.24) is 25.4 Å². The summed E-state index contributed by atoms with van der Waals surface area (Å²) in [6, 6.07) is 7.48. The van der Waals surface area contributed by atoms with Crippen molar-refractivity contribution in [2.45, 2.75) is 19.4 Å². The molecule has 9 nitrogen and oxygen atoms in total. The summed E-state index contributed by atoms with van der Waals surface area (Å²) in [5, 5.41) is 6.90. The van der Waals surface area contributed by atoms with Crippen LogP contribution < -0.4 is 10.2 Å². The van der Waals surface area contributed by atoms with E-state index in [9.17, 15) is 4.79 Å². The van der Waals surface area contributed by atoms with E-state index < -0.39 is 0 Å². The van der Waals surface area contributed by atoms with Crippen molar-refractivity contribution in [2.24, 2.45) is 0 Å². The van der Waals surface area contributed by atoms with E-state index in [0.29, 0.717) is 37.9 Å². The summed E-state index contributed by atoms with van der Waals surface area (Å²) in [4.78, 5) is 27.3. The average Bonchev–Trinajstić information content (AvgIpc) is 3.27. The molecule has 1 fully saturated rings. The minimum absolute atomic E-state index is 0.0783. The number of ether oxygens (including phenoxy) is 1. The average molecular weight is 394 g/mol. The fourth-order valence-electron chi connectivity index (χ4n) is 3.11. The van der Waals surface area contributed by atoms with Crippen LogP contribution in [-0.2, 0) is 22.5 Å². The predicted octanol–water partition coefficient (Wildman–Crippen LogP) is 1.61. The number of anilines is 1. The predicted molar refractivity (Wildman–Crippen MR) is 105 cm³/mol. The van der Waals surface area contributed by atoms with Gasteiger partial charge in [-0.2, -0.15) is 4.98 Å². The maximum absolute atomic E-state index is 12.3. The van der Waals surface area contributed by atoms with E-state index in [1.54, 1.807) is 30.7 Å². The number of morpholine rings is 1. The first-order valence-corrected chi connectivity index (χ1v) is 9.56. The monoisotopic (exact) mass is 394 g/mol. The minimum Gasteiger partial charge on any atom is -0.378 e. The fourth-order valence-corrected chi connectivity index (χ4v) is 3.11. The number of nitrogens with zero attached hydrogens (tertiary/aromatic N) is 5. The van der Waals surface area contributed by atoms with Gasteiger partial charge in [0.05, 0.1) is 13.2 Å². The Labute approximate surface area is 168 Å². The van der Waals surface area contributed by atoms with Gasteiger partial charge in [-0.15, -0.1) is 0 Å². The molecule has 150 valence electrons. The first-order chi connectivity index (χ1) is 14.3. The molecular formula is C20H22N6O3. The summed E-state index contributed by atoms with van der Waals surface area (Å²) < 4.78 is 10.6. The third-order valence-corrected chi connectivity index (χ3v) is 4.63. The van der Waals surface area contributed by atoms with Crippen molar-refractivity contribution in [2.75, 3.05) is 31.2 Å². The van der Waals surface area contributed by atoms with Crippen LogP contribution in [0.2, 0.25) is 0 Å². The molecule has 3 aromatic rings. The minimum atomic E-state index is -0.0783. The Balaban J connectivity index is 1.29. The quantitative estimate of drug-likeness (QED) is 0.644. The molecule has 0 atom stereocenters. The second kappa shape index (κ2) is 9.24. The second-order valence-corrected chi connectivity index (χ2v) is 6.61. The van der Waals surface area contributed by atoms with E-state index in [0.717, 1.165) is 30.0 Å². The molecule has 1 N–H and O–H groups in total. The molecule has 1 amide bonds. The summed E-state index contributed by atoms with van der Waals surface area (Å²) in [7, 11) is 0. The van der Waals surface area contributed by atoms with Gasteiger partial charge in [-0.05, 0) is 18.2 Å². The number of aromatic nitrogens is 4. The SMILES string of the molecule is O=C(CCc1nc(-c2ccncc2)no1)NCc1cccnc1N1CCOCC1. The number of pyridine rings is 2. The zero-order valence-electron chi connectivity index (χ0n) is 16.0. The van der Waals surface area contributed by atoms with Gasteiger partial charge in [-0.25, -0.2) is 4.98 Å². The molecule has 0 radical (unpaired) electrons. The van der Waals surface area contributed by atoms with E-state index in [2.05, 4.69) is 30.3 Å². The number of hydrogen-bond acceptors (Lipinski definition) is 8. The summed E-state index contributed by atoms with van der Waals surface area (Å²) in [5.41, 5.74) is 1.81. The van der Waals surface area contributed by atoms with Gasteiger partial charge in [0.2, 0.25) is 17.6 Å². The maximum atomic E-state index is 12.3. The topological polar surface area (TPSA) is 106 Å². The zero-order chi connectivity index (χ0) is 19.9. The molecule has 1 aliphatic rings. The molecule has 0 bridgehead atoms. The Morgan fingerprint density at radius 3 is 2.79 bits per heavy atom. The second-order valence-electron chi connectivity index (χ2n) is 6.61. The number of carbonyl (C=O) groups excluding carboxylic acids is 1. The Morgan fingerprint density at radius 1 is 1.14 bits per heavy atom. The molecule has 0 unspecified atom stereocenters. The number of amides is 1. The van der Waals surface area contributed by atoms with Crippen molar-refractivity contribution in [3.63, 3.8) is 0 Å². The molecule has 9 heteroatoms.